The molecule has 36 heavy (non-hydrogen) atoms. The molecule has 0 radical (unpaired) electrons. The van der Waals surface area contributed by atoms with Crippen molar-refractivity contribution < 1.29 is 9.53 Å². The highest BCUT2D eigenvalue weighted by Gasteiger charge is 2.39. The van der Waals surface area contributed by atoms with Gasteiger partial charge in [-0.25, -0.2) is 0 Å². The van der Waals surface area contributed by atoms with Crippen LogP contribution in [0.4, 0.5) is 0 Å². The predicted molar refractivity (Wildman–Crippen MR) is 151 cm³/mol. The summed E-state index contributed by atoms with van der Waals surface area (Å²) < 4.78 is 6.23. The van der Waals surface area contributed by atoms with E-state index < -0.39 is 0 Å². The van der Waals surface area contributed by atoms with Crippen molar-refractivity contribution >= 4 is 5.97 Å². The third-order valence-corrected chi connectivity index (χ3v) is 8.77. The third-order valence-electron chi connectivity index (χ3n) is 8.77. The summed E-state index contributed by atoms with van der Waals surface area (Å²) in [5, 5.41) is 0. The molecule has 4 rings (SSSR count). The molecule has 0 bridgehead atoms. The lowest BCUT2D eigenvalue weighted by Crippen LogP contribution is -2.33. The Bertz CT molecular complexity index is 976. The minimum atomic E-state index is 0.0102. The zero-order chi connectivity index (χ0) is 25.3. The van der Waals surface area contributed by atoms with E-state index in [0.29, 0.717) is 24.4 Å². The average Bonchev–Trinajstić information content (AvgIpc) is 3.06. The quantitative estimate of drug-likeness (QED) is 0.130. The van der Waals surface area contributed by atoms with E-state index in [0.717, 1.165) is 38.5 Å². The van der Waals surface area contributed by atoms with E-state index in [2.05, 4.69) is 68.6 Å². The van der Waals surface area contributed by atoms with Crippen LogP contribution in [0.5, 0.6) is 0 Å². The van der Waals surface area contributed by atoms with Gasteiger partial charge in [-0.2, -0.15) is 0 Å². The fourth-order valence-corrected chi connectivity index (χ4v) is 6.89. The van der Waals surface area contributed by atoms with Crippen molar-refractivity contribution in [1.29, 1.82) is 0 Å². The van der Waals surface area contributed by atoms with Gasteiger partial charge in [0.05, 0.1) is 5.92 Å². The summed E-state index contributed by atoms with van der Waals surface area (Å²) in [7, 11) is 0. The van der Waals surface area contributed by atoms with Gasteiger partial charge in [-0.05, 0) is 85.0 Å². The molecule has 192 valence electrons. The number of allylic oxidation sites excluding steroid dienone is 2. The van der Waals surface area contributed by atoms with E-state index in [-0.39, 0.29) is 17.8 Å². The first-order valence-corrected chi connectivity index (χ1v) is 14.2. The topological polar surface area (TPSA) is 26.3 Å². The van der Waals surface area contributed by atoms with Gasteiger partial charge in [0.1, 0.15) is 6.61 Å². The van der Waals surface area contributed by atoms with Gasteiger partial charge in [0.25, 0.3) is 0 Å². The Labute approximate surface area is 218 Å². The first kappa shape index (κ1) is 26.5. The number of esters is 1. The van der Waals surface area contributed by atoms with Crippen LogP contribution < -0.4 is 0 Å². The number of carbonyl (C=O) groups excluding carboxylic acids is 1. The van der Waals surface area contributed by atoms with Crippen LogP contribution in [0.2, 0.25) is 0 Å². The van der Waals surface area contributed by atoms with E-state index in [1.54, 1.807) is 0 Å². The van der Waals surface area contributed by atoms with Crippen molar-refractivity contribution in [2.24, 2.45) is 23.7 Å². The number of hydrogen-bond acceptors (Lipinski definition) is 2. The Kier molecular flexibility index (Phi) is 9.61. The molecule has 0 N–H and O–H groups in total. The van der Waals surface area contributed by atoms with Crippen molar-refractivity contribution in [2.45, 2.75) is 77.0 Å². The largest absolute Gasteiger partial charge is 0.464 e. The lowest BCUT2D eigenvalue weighted by molar-refractivity contribution is -0.152. The molecule has 2 aliphatic carbocycles. The lowest BCUT2D eigenvalue weighted by atomic mass is 9.71. The van der Waals surface area contributed by atoms with Crippen molar-refractivity contribution in [3.63, 3.8) is 0 Å². The van der Waals surface area contributed by atoms with Crippen LogP contribution >= 0.6 is 0 Å². The van der Waals surface area contributed by atoms with E-state index in [1.807, 2.05) is 12.2 Å². The molecule has 2 nitrogen and oxygen atoms in total. The maximum absolute atomic E-state index is 13.7. The molecule has 2 aliphatic rings. The summed E-state index contributed by atoms with van der Waals surface area (Å²) in [6.45, 7) is 10.7. The van der Waals surface area contributed by atoms with E-state index >= 15 is 0 Å². The highest BCUT2D eigenvalue weighted by Crippen LogP contribution is 2.46. The Balaban J connectivity index is 1.50. The number of hydrogen-bond donors (Lipinski definition) is 0. The van der Waals surface area contributed by atoms with E-state index in [9.17, 15) is 4.79 Å². The summed E-state index contributed by atoms with van der Waals surface area (Å²) in [5.41, 5.74) is 5.12. The molecule has 0 aliphatic heterocycles. The zero-order valence-electron chi connectivity index (χ0n) is 22.2. The van der Waals surface area contributed by atoms with E-state index in [1.165, 1.54) is 47.9 Å². The molecule has 1 fully saturated rings. The SMILES string of the molecule is C=CCCCC(C)C1CCCCC(C(=O)OCC2c3ccccc3-c3ccccc32)C1CCCC=C. The van der Waals surface area contributed by atoms with Gasteiger partial charge < -0.3 is 4.74 Å². The highest BCUT2D eigenvalue weighted by atomic mass is 16.5. The molecule has 0 heterocycles. The monoisotopic (exact) mass is 484 g/mol. The molecular weight excluding hydrogens is 440 g/mol. The van der Waals surface area contributed by atoms with Gasteiger partial charge >= 0.3 is 5.97 Å². The number of rotatable bonds is 12. The number of benzene rings is 2. The van der Waals surface area contributed by atoms with Crippen molar-refractivity contribution in [2.75, 3.05) is 6.61 Å². The number of carbonyl (C=O) groups is 1. The molecule has 0 saturated heterocycles. The summed E-state index contributed by atoms with van der Waals surface area (Å²) in [5.74, 6) is 1.79. The third kappa shape index (κ3) is 6.02. The molecule has 0 spiro atoms. The van der Waals surface area contributed by atoms with Crippen LogP contribution in [0.1, 0.15) is 88.2 Å². The standard InChI is InChI=1S/C34H44O2/c1-4-6-8-16-25(3)26-17-10-15-23-32(27(26)18-9-7-5-2)34(35)36-24-33-30-21-13-11-19-28(30)29-20-12-14-22-31(29)33/h4-5,11-14,19-22,25-27,32-33H,1-2,6-10,15-18,23-24H2,3H3. The first-order chi connectivity index (χ1) is 17.7. The van der Waals surface area contributed by atoms with Crippen LogP contribution in [0.15, 0.2) is 73.8 Å². The molecule has 4 atom stereocenters. The van der Waals surface area contributed by atoms with Gasteiger partial charge in [0.15, 0.2) is 0 Å². The summed E-state index contributed by atoms with van der Waals surface area (Å²) in [6, 6.07) is 17.2. The van der Waals surface area contributed by atoms with Gasteiger partial charge in [-0.15, -0.1) is 13.2 Å². The number of fused-ring (bicyclic) bond motifs is 3. The highest BCUT2D eigenvalue weighted by molar-refractivity contribution is 5.79. The summed E-state index contributed by atoms with van der Waals surface area (Å²) in [6.07, 6.45) is 15.3. The zero-order valence-corrected chi connectivity index (χ0v) is 22.2. The predicted octanol–water partition coefficient (Wildman–Crippen LogP) is 9.11. The van der Waals surface area contributed by atoms with Gasteiger partial charge in [-0.3, -0.25) is 4.79 Å². The van der Waals surface area contributed by atoms with Crippen molar-refractivity contribution in [1.82, 2.24) is 0 Å². The Hall–Kier alpha value is -2.61. The molecule has 2 aromatic carbocycles. The van der Waals surface area contributed by atoms with Crippen LogP contribution in [-0.2, 0) is 9.53 Å². The molecule has 2 heteroatoms. The molecule has 4 unspecified atom stereocenters. The Morgan fingerprint density at radius 3 is 2.22 bits per heavy atom. The maximum atomic E-state index is 13.7. The second kappa shape index (κ2) is 13.1. The molecule has 0 amide bonds. The van der Waals surface area contributed by atoms with Crippen LogP contribution in [0.25, 0.3) is 11.1 Å². The second-order valence-electron chi connectivity index (χ2n) is 11.0. The normalized spacial score (nSPS) is 22.2. The maximum Gasteiger partial charge on any atom is 0.309 e. The smallest absolute Gasteiger partial charge is 0.309 e. The number of ether oxygens (including phenoxy) is 1. The lowest BCUT2D eigenvalue weighted by Gasteiger charge is -2.35. The first-order valence-electron chi connectivity index (χ1n) is 14.2. The summed E-state index contributed by atoms with van der Waals surface area (Å²) in [4.78, 5) is 13.7. The molecule has 0 aromatic heterocycles. The van der Waals surface area contributed by atoms with Crippen molar-refractivity contribution in [3.05, 3.63) is 85.0 Å². The Morgan fingerprint density at radius 1 is 0.944 bits per heavy atom. The molecule has 2 aromatic rings. The minimum Gasteiger partial charge on any atom is -0.464 e. The average molecular weight is 485 g/mol. The van der Waals surface area contributed by atoms with Crippen LogP contribution in [0, 0.1) is 23.7 Å². The van der Waals surface area contributed by atoms with Crippen LogP contribution in [0.3, 0.4) is 0 Å². The minimum absolute atomic E-state index is 0.0102. The van der Waals surface area contributed by atoms with Gasteiger partial charge in [0.2, 0.25) is 0 Å². The van der Waals surface area contributed by atoms with Crippen molar-refractivity contribution in [3.8, 4) is 11.1 Å². The van der Waals surface area contributed by atoms with Crippen LogP contribution in [-0.4, -0.2) is 12.6 Å². The Morgan fingerprint density at radius 2 is 1.56 bits per heavy atom. The fraction of sp³-hybridized carbons (Fsp3) is 0.500. The van der Waals surface area contributed by atoms with Gasteiger partial charge in [0, 0.05) is 5.92 Å². The molecular formula is C34H44O2. The second-order valence-corrected chi connectivity index (χ2v) is 11.0. The molecule has 1 saturated carbocycles. The summed E-state index contributed by atoms with van der Waals surface area (Å²) >= 11 is 0. The fourth-order valence-electron chi connectivity index (χ4n) is 6.89. The number of unbranched alkanes of at least 4 members (excludes halogenated alkanes) is 2. The van der Waals surface area contributed by atoms with E-state index in [4.69, 9.17) is 4.74 Å². The van der Waals surface area contributed by atoms with Gasteiger partial charge in [-0.1, -0.05) is 86.9 Å².